The molecular weight excluding hydrogens is 234 g/mol. The van der Waals surface area contributed by atoms with Gasteiger partial charge in [0.05, 0.1) is 0 Å². The third-order valence-electron chi connectivity index (χ3n) is 3.26. The van der Waals surface area contributed by atoms with Crippen LogP contribution < -0.4 is 16.4 Å². The minimum absolute atomic E-state index is 0.0609. The molecule has 6 nitrogen and oxygen atoms in total. The van der Waals surface area contributed by atoms with Gasteiger partial charge in [-0.15, -0.1) is 0 Å². The highest BCUT2D eigenvalue weighted by Crippen LogP contribution is 2.15. The number of hydrogen-bond acceptors (Lipinski definition) is 4. The highest BCUT2D eigenvalue weighted by atomic mass is 16.4. The highest BCUT2D eigenvalue weighted by molar-refractivity contribution is 5.76. The van der Waals surface area contributed by atoms with Crippen molar-refractivity contribution < 1.29 is 14.7 Å². The first-order chi connectivity index (χ1) is 8.59. The second-order valence-corrected chi connectivity index (χ2v) is 4.83. The van der Waals surface area contributed by atoms with E-state index in [1.165, 1.54) is 0 Å². The van der Waals surface area contributed by atoms with Crippen molar-refractivity contribution in [3.8, 4) is 0 Å². The molecule has 6 heteroatoms. The Kier molecular flexibility index (Phi) is 6.67. The molecule has 1 aliphatic heterocycles. The van der Waals surface area contributed by atoms with Gasteiger partial charge in [0.15, 0.2) is 0 Å². The molecule has 1 saturated heterocycles. The summed E-state index contributed by atoms with van der Waals surface area (Å²) in [7, 11) is 0. The Bertz CT molecular complexity index is 278. The molecule has 0 aliphatic carbocycles. The number of hydrogen-bond donors (Lipinski definition) is 4. The zero-order valence-electron chi connectivity index (χ0n) is 10.7. The van der Waals surface area contributed by atoms with E-state index in [0.29, 0.717) is 31.7 Å². The van der Waals surface area contributed by atoms with E-state index in [2.05, 4.69) is 10.6 Å². The lowest BCUT2D eigenvalue weighted by atomic mass is 9.94. The van der Waals surface area contributed by atoms with Crippen LogP contribution in [0.5, 0.6) is 0 Å². The van der Waals surface area contributed by atoms with Gasteiger partial charge in [0, 0.05) is 13.0 Å². The van der Waals surface area contributed by atoms with Gasteiger partial charge in [-0.3, -0.25) is 9.59 Å². The van der Waals surface area contributed by atoms with Crippen molar-refractivity contribution in [2.45, 2.75) is 38.1 Å². The first kappa shape index (κ1) is 14.9. The molecule has 0 radical (unpaired) electrons. The van der Waals surface area contributed by atoms with Gasteiger partial charge < -0.3 is 21.5 Å². The van der Waals surface area contributed by atoms with E-state index >= 15 is 0 Å². The van der Waals surface area contributed by atoms with Crippen molar-refractivity contribution in [2.75, 3.05) is 19.6 Å². The molecule has 0 aromatic rings. The van der Waals surface area contributed by atoms with Crippen molar-refractivity contribution in [1.82, 2.24) is 10.6 Å². The van der Waals surface area contributed by atoms with Crippen LogP contribution in [0.15, 0.2) is 0 Å². The van der Waals surface area contributed by atoms with Gasteiger partial charge in [0.25, 0.3) is 0 Å². The maximum absolute atomic E-state index is 11.6. The number of piperidine rings is 1. The largest absolute Gasteiger partial charge is 0.480 e. The van der Waals surface area contributed by atoms with Crippen LogP contribution in [-0.2, 0) is 9.59 Å². The summed E-state index contributed by atoms with van der Waals surface area (Å²) in [5.74, 6) is -0.450. The number of aliphatic carboxylic acids is 1. The zero-order chi connectivity index (χ0) is 13.4. The smallest absolute Gasteiger partial charge is 0.320 e. The molecule has 1 unspecified atom stereocenters. The lowest BCUT2D eigenvalue weighted by Gasteiger charge is -2.21. The lowest BCUT2D eigenvalue weighted by molar-refractivity contribution is -0.138. The van der Waals surface area contributed by atoms with Crippen LogP contribution in [0.25, 0.3) is 0 Å². The van der Waals surface area contributed by atoms with Gasteiger partial charge in [-0.05, 0) is 44.7 Å². The van der Waals surface area contributed by atoms with Crippen molar-refractivity contribution in [1.29, 1.82) is 0 Å². The second-order valence-electron chi connectivity index (χ2n) is 4.83. The number of nitrogens with two attached hydrogens (primary N) is 1. The molecule has 5 N–H and O–H groups in total. The molecular formula is C12H23N3O3. The summed E-state index contributed by atoms with van der Waals surface area (Å²) in [6.45, 7) is 2.49. The summed E-state index contributed by atoms with van der Waals surface area (Å²) in [4.78, 5) is 22.1. The Labute approximate surface area is 107 Å². The van der Waals surface area contributed by atoms with E-state index in [-0.39, 0.29) is 5.91 Å². The van der Waals surface area contributed by atoms with Crippen LogP contribution in [0, 0.1) is 5.92 Å². The number of nitrogens with one attached hydrogen (secondary N) is 2. The summed E-state index contributed by atoms with van der Waals surface area (Å²) in [6.07, 6.45) is 3.68. The number of carbonyl (C=O) groups is 2. The summed E-state index contributed by atoms with van der Waals surface area (Å²) in [6, 6.07) is -0.827. The molecule has 1 aliphatic rings. The zero-order valence-corrected chi connectivity index (χ0v) is 10.7. The molecule has 0 aromatic carbocycles. The molecule has 1 atom stereocenters. The Morgan fingerprint density at radius 2 is 2.06 bits per heavy atom. The minimum Gasteiger partial charge on any atom is -0.480 e. The predicted octanol–water partition coefficient (Wildman–Crippen LogP) is -0.316. The topological polar surface area (TPSA) is 104 Å². The summed E-state index contributed by atoms with van der Waals surface area (Å²) < 4.78 is 0. The molecule has 0 aromatic heterocycles. The molecule has 0 saturated carbocycles. The lowest BCUT2D eigenvalue weighted by Crippen LogP contribution is -2.34. The Morgan fingerprint density at radius 1 is 1.39 bits per heavy atom. The fraction of sp³-hybridized carbons (Fsp3) is 0.833. The van der Waals surface area contributed by atoms with E-state index in [1.54, 1.807) is 0 Å². The van der Waals surface area contributed by atoms with Crippen molar-refractivity contribution in [3.05, 3.63) is 0 Å². The molecule has 18 heavy (non-hydrogen) atoms. The summed E-state index contributed by atoms with van der Waals surface area (Å²) in [5, 5.41) is 14.7. The third-order valence-corrected chi connectivity index (χ3v) is 3.26. The molecule has 1 heterocycles. The van der Waals surface area contributed by atoms with Crippen molar-refractivity contribution >= 4 is 11.9 Å². The van der Waals surface area contributed by atoms with E-state index in [0.717, 1.165) is 25.9 Å². The Morgan fingerprint density at radius 3 is 2.67 bits per heavy atom. The van der Waals surface area contributed by atoms with Gasteiger partial charge in [-0.1, -0.05) is 0 Å². The molecule has 104 valence electrons. The monoisotopic (exact) mass is 257 g/mol. The maximum Gasteiger partial charge on any atom is 0.320 e. The van der Waals surface area contributed by atoms with Crippen LogP contribution in [-0.4, -0.2) is 42.7 Å². The average molecular weight is 257 g/mol. The quantitative estimate of drug-likeness (QED) is 0.468. The Hall–Kier alpha value is -1.14. The van der Waals surface area contributed by atoms with Crippen LogP contribution in [0.4, 0.5) is 0 Å². The molecule has 1 amide bonds. The SMILES string of the molecule is NC(CCCNC(=O)CC1CCNCC1)C(=O)O. The number of amides is 1. The standard InChI is InChI=1S/C12H23N3O3/c13-10(12(17)18)2-1-5-15-11(16)8-9-3-6-14-7-4-9/h9-10,14H,1-8,13H2,(H,15,16)(H,17,18). The van der Waals surface area contributed by atoms with Crippen molar-refractivity contribution in [3.63, 3.8) is 0 Å². The first-order valence-electron chi connectivity index (χ1n) is 6.55. The number of rotatable bonds is 7. The molecule has 1 rings (SSSR count). The van der Waals surface area contributed by atoms with E-state index in [4.69, 9.17) is 10.8 Å². The summed E-state index contributed by atoms with van der Waals surface area (Å²) >= 11 is 0. The van der Waals surface area contributed by atoms with Gasteiger partial charge in [0.1, 0.15) is 6.04 Å². The fourth-order valence-electron chi connectivity index (χ4n) is 2.09. The van der Waals surface area contributed by atoms with Crippen LogP contribution in [0.2, 0.25) is 0 Å². The average Bonchev–Trinajstić information content (AvgIpc) is 2.35. The maximum atomic E-state index is 11.6. The molecule has 1 fully saturated rings. The van der Waals surface area contributed by atoms with E-state index in [1.807, 2.05) is 0 Å². The number of carboxylic acids is 1. The van der Waals surface area contributed by atoms with Crippen LogP contribution >= 0.6 is 0 Å². The summed E-state index contributed by atoms with van der Waals surface area (Å²) in [5.41, 5.74) is 5.36. The van der Waals surface area contributed by atoms with Gasteiger partial charge in [-0.25, -0.2) is 0 Å². The van der Waals surface area contributed by atoms with Crippen LogP contribution in [0.3, 0.4) is 0 Å². The van der Waals surface area contributed by atoms with Gasteiger partial charge in [-0.2, -0.15) is 0 Å². The number of carbonyl (C=O) groups excluding carboxylic acids is 1. The van der Waals surface area contributed by atoms with Crippen LogP contribution in [0.1, 0.15) is 32.1 Å². The van der Waals surface area contributed by atoms with E-state index < -0.39 is 12.0 Å². The van der Waals surface area contributed by atoms with Gasteiger partial charge in [0.2, 0.25) is 5.91 Å². The predicted molar refractivity (Wildman–Crippen MR) is 68.1 cm³/mol. The Balaban J connectivity index is 2.04. The van der Waals surface area contributed by atoms with Gasteiger partial charge >= 0.3 is 5.97 Å². The van der Waals surface area contributed by atoms with E-state index in [9.17, 15) is 9.59 Å². The minimum atomic E-state index is -0.990. The molecule has 0 spiro atoms. The number of carboxylic acid groups (broad SMARTS) is 1. The fourth-order valence-corrected chi connectivity index (χ4v) is 2.09. The normalized spacial score (nSPS) is 18.3. The first-order valence-corrected chi connectivity index (χ1v) is 6.55. The second kappa shape index (κ2) is 8.05. The van der Waals surface area contributed by atoms with Crippen molar-refractivity contribution in [2.24, 2.45) is 11.7 Å². The highest BCUT2D eigenvalue weighted by Gasteiger charge is 2.16. The molecule has 0 bridgehead atoms. The third kappa shape index (κ3) is 5.97.